The minimum Gasteiger partial charge on any atom is -0.381 e. The zero-order valence-corrected chi connectivity index (χ0v) is 23.5. The first kappa shape index (κ1) is 27.8. The van der Waals surface area contributed by atoms with Gasteiger partial charge in [-0.2, -0.15) is 13.2 Å². The minimum atomic E-state index is -4.60. The van der Waals surface area contributed by atoms with E-state index in [9.17, 15) is 18.0 Å². The Morgan fingerprint density at radius 2 is 2.00 bits per heavy atom. The lowest BCUT2D eigenvalue weighted by atomic mass is 9.70. The molecule has 2 aliphatic heterocycles. The van der Waals surface area contributed by atoms with Crippen molar-refractivity contribution in [1.29, 1.82) is 0 Å². The third-order valence-corrected chi connectivity index (χ3v) is 8.74. The van der Waals surface area contributed by atoms with E-state index in [2.05, 4.69) is 22.1 Å². The molecule has 1 saturated carbocycles. The number of halogens is 3. The van der Waals surface area contributed by atoms with Crippen LogP contribution in [0.25, 0.3) is 11.2 Å². The highest BCUT2D eigenvalue weighted by atomic mass is 19.4. The fraction of sp³-hybridized carbons (Fsp3) is 0.500. The largest absolute Gasteiger partial charge is 0.418 e. The van der Waals surface area contributed by atoms with Gasteiger partial charge in [0.2, 0.25) is 0 Å². The fourth-order valence-corrected chi connectivity index (χ4v) is 6.58. The van der Waals surface area contributed by atoms with Crippen LogP contribution in [0.3, 0.4) is 0 Å². The number of pyridine rings is 1. The molecule has 2 fully saturated rings. The van der Waals surface area contributed by atoms with Gasteiger partial charge in [0, 0.05) is 32.6 Å². The highest BCUT2D eigenvalue weighted by Crippen LogP contribution is 2.47. The lowest BCUT2D eigenvalue weighted by molar-refractivity contribution is -0.480. The molecule has 0 N–H and O–H groups in total. The van der Waals surface area contributed by atoms with Gasteiger partial charge >= 0.3 is 24.4 Å². The lowest BCUT2D eigenvalue weighted by Gasteiger charge is -2.39. The number of likely N-dealkylation sites (N-methyl/N-ethyl adjacent to an activating group) is 1. The number of nitrogens with zero attached hydrogens (tertiary/aromatic N) is 6. The number of likely N-dealkylation sites (tertiary alicyclic amines) is 1. The van der Waals surface area contributed by atoms with E-state index >= 15 is 0 Å². The van der Waals surface area contributed by atoms with Crippen LogP contribution in [0.2, 0.25) is 0 Å². The van der Waals surface area contributed by atoms with Crippen LogP contribution in [0, 0.1) is 18.0 Å². The van der Waals surface area contributed by atoms with Crippen molar-refractivity contribution in [1.82, 2.24) is 13.9 Å². The van der Waals surface area contributed by atoms with E-state index < -0.39 is 17.4 Å². The summed E-state index contributed by atoms with van der Waals surface area (Å²) in [5.74, 6) is 0.669. The summed E-state index contributed by atoms with van der Waals surface area (Å²) in [5, 5.41) is 8.44. The van der Waals surface area contributed by atoms with Crippen LogP contribution < -0.4 is 5.69 Å². The van der Waals surface area contributed by atoms with Gasteiger partial charge < -0.3 is 4.74 Å². The van der Waals surface area contributed by atoms with Crippen molar-refractivity contribution in [3.8, 4) is 5.69 Å². The Morgan fingerprint density at radius 1 is 1.20 bits per heavy atom. The first-order chi connectivity index (χ1) is 19.6. The molecule has 6 rings (SSSR count). The van der Waals surface area contributed by atoms with Gasteiger partial charge in [0.25, 0.3) is 0 Å². The van der Waals surface area contributed by atoms with Crippen LogP contribution in [0.15, 0.2) is 57.7 Å². The second-order valence-corrected chi connectivity index (χ2v) is 11.7. The molecule has 3 aromatic rings. The zero-order valence-electron chi connectivity index (χ0n) is 23.5. The zero-order chi connectivity index (χ0) is 28.9. The van der Waals surface area contributed by atoms with Crippen molar-refractivity contribution >= 4 is 11.9 Å². The SMILES string of the molecule is COC1CC([C@@H]([C]2N=NC=[N+]2C)c2cccc(-n3cc4c(C(F)(F)F)cc(CN5CCC[C@H](C)C5)cn4c3=O)c2)C1. The van der Waals surface area contributed by atoms with E-state index in [0.717, 1.165) is 54.9 Å². The number of alkyl halides is 3. The molecule has 8 nitrogen and oxygen atoms in total. The molecule has 1 radical (unpaired) electrons. The molecular formula is C30H35F3N6O2+. The van der Waals surface area contributed by atoms with Crippen molar-refractivity contribution < 1.29 is 22.5 Å². The quantitative estimate of drug-likeness (QED) is 0.355. The molecule has 0 amide bonds. The van der Waals surface area contributed by atoms with Crippen molar-refractivity contribution in [3.05, 3.63) is 76.1 Å². The minimum absolute atomic E-state index is 0.0918. The predicted octanol–water partition coefficient (Wildman–Crippen LogP) is 5.48. The van der Waals surface area contributed by atoms with Crippen molar-refractivity contribution in [2.45, 2.75) is 57.3 Å². The highest BCUT2D eigenvalue weighted by Gasteiger charge is 2.45. The number of azo groups is 1. The summed E-state index contributed by atoms with van der Waals surface area (Å²) in [7, 11) is 3.60. The maximum absolute atomic E-state index is 14.3. The number of fused-ring (bicyclic) bond motifs is 1. The van der Waals surface area contributed by atoms with Crippen molar-refractivity contribution in [2.75, 3.05) is 27.2 Å². The van der Waals surface area contributed by atoms with E-state index in [4.69, 9.17) is 4.74 Å². The van der Waals surface area contributed by atoms with Gasteiger partial charge in [-0.05, 0) is 78.5 Å². The molecule has 1 aliphatic carbocycles. The number of aromatic nitrogens is 2. The smallest absolute Gasteiger partial charge is 0.381 e. The standard InChI is InChI=1S/C30H35F3N6O2/c1-19-6-5-9-37(14-19)15-20-10-25(30(31,32)33)26-17-38(29(40)39(26)16-20)23-8-4-7-21(11-23)27(22-12-24(13-22)41-3)28-35-34-18-36(28)2/h4,7-8,10-11,16-19,22,24,27H,5-6,9,12-15H2,1-3H3/q+1/t19-,22?,24?,27-/m0/s1. The molecule has 3 aliphatic rings. The van der Waals surface area contributed by atoms with Crippen molar-refractivity contribution in [2.24, 2.45) is 22.1 Å². The monoisotopic (exact) mass is 568 g/mol. The average molecular weight is 569 g/mol. The van der Waals surface area contributed by atoms with E-state index in [1.54, 1.807) is 25.7 Å². The second kappa shape index (κ2) is 10.8. The number of piperidine rings is 1. The van der Waals surface area contributed by atoms with E-state index in [-0.39, 0.29) is 23.5 Å². The molecular weight excluding hydrogens is 533 g/mol. The summed E-state index contributed by atoms with van der Waals surface area (Å²) in [6, 6.07) is 8.64. The normalized spacial score (nSPS) is 24.5. The molecule has 11 heteroatoms. The van der Waals surface area contributed by atoms with E-state index in [0.29, 0.717) is 23.7 Å². The van der Waals surface area contributed by atoms with Gasteiger partial charge in [-0.15, -0.1) is 0 Å². The summed E-state index contributed by atoms with van der Waals surface area (Å²) in [6.45, 7) is 4.21. The second-order valence-electron chi connectivity index (χ2n) is 11.7. The first-order valence-electron chi connectivity index (χ1n) is 14.2. The third kappa shape index (κ3) is 5.37. The van der Waals surface area contributed by atoms with E-state index in [1.165, 1.54) is 16.8 Å². The third-order valence-electron chi connectivity index (χ3n) is 8.74. The molecule has 2 aromatic heterocycles. The highest BCUT2D eigenvalue weighted by molar-refractivity contribution is 5.58. The van der Waals surface area contributed by atoms with Crippen LogP contribution in [0.5, 0.6) is 0 Å². The van der Waals surface area contributed by atoms with Gasteiger partial charge in [-0.1, -0.05) is 19.1 Å². The number of ether oxygens (including phenoxy) is 1. The number of rotatable bonds is 7. The maximum atomic E-state index is 14.3. The molecule has 2 atom stereocenters. The molecule has 0 spiro atoms. The Morgan fingerprint density at radius 3 is 2.68 bits per heavy atom. The molecule has 1 aromatic carbocycles. The van der Waals surface area contributed by atoms with Crippen LogP contribution in [-0.2, 0) is 17.5 Å². The average Bonchev–Trinajstić information content (AvgIpc) is 3.47. The number of methoxy groups -OCH3 is 1. The molecule has 41 heavy (non-hydrogen) atoms. The van der Waals surface area contributed by atoms with Crippen molar-refractivity contribution in [3.63, 3.8) is 0 Å². The molecule has 1 saturated heterocycles. The number of benzene rings is 1. The predicted molar refractivity (Wildman–Crippen MR) is 148 cm³/mol. The Bertz CT molecular complexity index is 1550. The van der Waals surface area contributed by atoms with Gasteiger partial charge in [-0.3, -0.25) is 13.9 Å². The summed E-state index contributed by atoms with van der Waals surface area (Å²) in [6.07, 6.45) is 4.77. The fourth-order valence-electron chi connectivity index (χ4n) is 6.58. The number of hydrogen-bond acceptors (Lipinski definition) is 5. The van der Waals surface area contributed by atoms with Gasteiger partial charge in [0.15, 0.2) is 0 Å². The van der Waals surface area contributed by atoms with Crippen LogP contribution in [0.4, 0.5) is 13.2 Å². The van der Waals surface area contributed by atoms with Crippen LogP contribution in [-0.4, -0.2) is 58.1 Å². The molecule has 0 unspecified atom stereocenters. The van der Waals surface area contributed by atoms with Gasteiger partial charge in [0.05, 0.1) is 41.0 Å². The molecule has 4 heterocycles. The summed E-state index contributed by atoms with van der Waals surface area (Å²) < 4.78 is 52.7. The Hall–Kier alpha value is -3.31. The molecule has 217 valence electrons. The Kier molecular flexibility index (Phi) is 7.35. The van der Waals surface area contributed by atoms with E-state index in [1.807, 2.05) is 29.8 Å². The molecule has 0 bridgehead atoms. The topological polar surface area (TPSA) is 66.6 Å². The number of hydrogen-bond donors (Lipinski definition) is 0. The summed E-state index contributed by atoms with van der Waals surface area (Å²) >= 11 is 0. The van der Waals surface area contributed by atoms with Crippen LogP contribution in [0.1, 0.15) is 55.2 Å². The van der Waals surface area contributed by atoms with Gasteiger partial charge in [0.1, 0.15) is 0 Å². The summed E-state index contributed by atoms with van der Waals surface area (Å²) in [4.78, 5) is 15.8. The number of imidazole rings is 1. The van der Waals surface area contributed by atoms with Crippen LogP contribution >= 0.6 is 0 Å². The Labute approximate surface area is 236 Å². The lowest BCUT2D eigenvalue weighted by Crippen LogP contribution is -2.37. The summed E-state index contributed by atoms with van der Waals surface area (Å²) in [5.41, 5.74) is 0.420. The first-order valence-corrected chi connectivity index (χ1v) is 14.2. The van der Waals surface area contributed by atoms with Gasteiger partial charge in [-0.25, -0.2) is 9.37 Å². The Balaban J connectivity index is 1.39. The maximum Gasteiger partial charge on any atom is 0.418 e.